The summed E-state index contributed by atoms with van der Waals surface area (Å²) in [5.41, 5.74) is 2.67. The number of anilines is 1. The lowest BCUT2D eigenvalue weighted by Crippen LogP contribution is -2.27. The van der Waals surface area contributed by atoms with Gasteiger partial charge in [-0.15, -0.1) is 0 Å². The Morgan fingerprint density at radius 1 is 1.04 bits per heavy atom. The van der Waals surface area contributed by atoms with Crippen molar-refractivity contribution in [2.45, 2.75) is 19.9 Å². The zero-order valence-electron chi connectivity index (χ0n) is 16.0. The molecule has 1 heterocycles. The van der Waals surface area contributed by atoms with E-state index in [1.165, 1.54) is 5.56 Å². The van der Waals surface area contributed by atoms with Crippen LogP contribution in [-0.2, 0) is 13.0 Å². The number of carbonyl (C=O) groups excluding carboxylic acids is 1. The SMILES string of the molecule is Cc1nc(C(=O)NCCc2ccc(Cl)cc2)cc(N(C)Cc2ccccc2)n1. The first-order valence-electron chi connectivity index (χ1n) is 9.14. The zero-order chi connectivity index (χ0) is 19.9. The minimum Gasteiger partial charge on any atom is -0.355 e. The number of hydrogen-bond acceptors (Lipinski definition) is 4. The van der Waals surface area contributed by atoms with E-state index in [4.69, 9.17) is 11.6 Å². The minimum atomic E-state index is -0.200. The molecule has 3 rings (SSSR count). The summed E-state index contributed by atoms with van der Waals surface area (Å²) in [6.45, 7) is 3.03. The molecule has 0 bridgehead atoms. The summed E-state index contributed by atoms with van der Waals surface area (Å²) in [5.74, 6) is 1.09. The highest BCUT2D eigenvalue weighted by atomic mass is 35.5. The lowest BCUT2D eigenvalue weighted by Gasteiger charge is -2.19. The Balaban J connectivity index is 1.63. The third kappa shape index (κ3) is 5.54. The standard InChI is InChI=1S/C22H23ClN4O/c1-16-25-20(22(28)24-13-12-17-8-10-19(23)11-9-17)14-21(26-16)27(2)15-18-6-4-3-5-7-18/h3-11,14H,12-13,15H2,1-2H3,(H,24,28). The maximum Gasteiger partial charge on any atom is 0.270 e. The van der Waals surface area contributed by atoms with Crippen LogP contribution in [0.25, 0.3) is 0 Å². The molecule has 0 aliphatic rings. The monoisotopic (exact) mass is 394 g/mol. The quantitative estimate of drug-likeness (QED) is 0.656. The topological polar surface area (TPSA) is 58.1 Å². The van der Waals surface area contributed by atoms with Gasteiger partial charge in [-0.05, 0) is 36.6 Å². The van der Waals surface area contributed by atoms with Crippen molar-refractivity contribution in [3.63, 3.8) is 0 Å². The second-order valence-electron chi connectivity index (χ2n) is 6.63. The summed E-state index contributed by atoms with van der Waals surface area (Å²) < 4.78 is 0. The highest BCUT2D eigenvalue weighted by molar-refractivity contribution is 6.30. The number of nitrogens with zero attached hydrogens (tertiary/aromatic N) is 3. The highest BCUT2D eigenvalue weighted by Crippen LogP contribution is 2.15. The van der Waals surface area contributed by atoms with Gasteiger partial charge in [-0.3, -0.25) is 4.79 Å². The van der Waals surface area contributed by atoms with Crippen LogP contribution in [0.15, 0.2) is 60.7 Å². The van der Waals surface area contributed by atoms with Gasteiger partial charge in [0.1, 0.15) is 17.3 Å². The molecule has 0 unspecified atom stereocenters. The first-order valence-corrected chi connectivity index (χ1v) is 9.52. The van der Waals surface area contributed by atoms with Crippen LogP contribution in [0.3, 0.4) is 0 Å². The predicted molar refractivity (Wildman–Crippen MR) is 113 cm³/mol. The number of hydrogen-bond donors (Lipinski definition) is 1. The lowest BCUT2D eigenvalue weighted by molar-refractivity contribution is 0.0948. The number of aromatic nitrogens is 2. The fraction of sp³-hybridized carbons (Fsp3) is 0.227. The molecule has 144 valence electrons. The summed E-state index contributed by atoms with van der Waals surface area (Å²) >= 11 is 5.89. The number of benzene rings is 2. The molecule has 5 nitrogen and oxygen atoms in total. The molecule has 0 saturated carbocycles. The van der Waals surface area contributed by atoms with Crippen LogP contribution in [0.5, 0.6) is 0 Å². The van der Waals surface area contributed by atoms with Gasteiger partial charge in [-0.1, -0.05) is 54.1 Å². The third-order valence-electron chi connectivity index (χ3n) is 4.32. The van der Waals surface area contributed by atoms with Gasteiger partial charge in [-0.2, -0.15) is 0 Å². The number of aryl methyl sites for hydroxylation is 1. The van der Waals surface area contributed by atoms with E-state index in [0.29, 0.717) is 29.6 Å². The van der Waals surface area contributed by atoms with Crippen molar-refractivity contribution in [3.05, 3.63) is 88.3 Å². The van der Waals surface area contributed by atoms with Gasteiger partial charge >= 0.3 is 0 Å². The minimum absolute atomic E-state index is 0.200. The Hall–Kier alpha value is -2.92. The van der Waals surface area contributed by atoms with E-state index in [-0.39, 0.29) is 5.91 Å². The van der Waals surface area contributed by atoms with Crippen molar-refractivity contribution in [2.75, 3.05) is 18.5 Å². The van der Waals surface area contributed by atoms with Gasteiger partial charge in [-0.25, -0.2) is 9.97 Å². The fourth-order valence-electron chi connectivity index (χ4n) is 2.86. The molecule has 0 radical (unpaired) electrons. The number of rotatable bonds is 7. The van der Waals surface area contributed by atoms with E-state index in [9.17, 15) is 4.79 Å². The normalized spacial score (nSPS) is 10.5. The van der Waals surface area contributed by atoms with E-state index >= 15 is 0 Å². The van der Waals surface area contributed by atoms with E-state index in [0.717, 1.165) is 17.8 Å². The van der Waals surface area contributed by atoms with Crippen LogP contribution < -0.4 is 10.2 Å². The number of carbonyl (C=O) groups is 1. The average molecular weight is 395 g/mol. The van der Waals surface area contributed by atoms with E-state index in [1.54, 1.807) is 13.0 Å². The number of halogens is 1. The molecule has 1 N–H and O–H groups in total. The van der Waals surface area contributed by atoms with Crippen molar-refractivity contribution < 1.29 is 4.79 Å². The summed E-state index contributed by atoms with van der Waals surface area (Å²) in [6.07, 6.45) is 0.730. The molecule has 1 amide bonds. The molecule has 2 aromatic carbocycles. The summed E-state index contributed by atoms with van der Waals surface area (Å²) in [7, 11) is 1.96. The van der Waals surface area contributed by atoms with E-state index in [1.807, 2.05) is 54.4 Å². The summed E-state index contributed by atoms with van der Waals surface area (Å²) in [6, 6.07) is 19.5. The van der Waals surface area contributed by atoms with Crippen LogP contribution in [-0.4, -0.2) is 29.5 Å². The number of nitrogens with one attached hydrogen (secondary N) is 1. The van der Waals surface area contributed by atoms with Gasteiger partial charge in [0.25, 0.3) is 5.91 Å². The maximum atomic E-state index is 12.5. The van der Waals surface area contributed by atoms with Gasteiger partial charge in [0.2, 0.25) is 0 Å². The van der Waals surface area contributed by atoms with Crippen LogP contribution in [0.4, 0.5) is 5.82 Å². The fourth-order valence-corrected chi connectivity index (χ4v) is 2.99. The van der Waals surface area contributed by atoms with Crippen molar-refractivity contribution in [3.8, 4) is 0 Å². The molecule has 6 heteroatoms. The molecule has 0 saturated heterocycles. The lowest BCUT2D eigenvalue weighted by atomic mass is 10.1. The molecule has 0 atom stereocenters. The maximum absolute atomic E-state index is 12.5. The third-order valence-corrected chi connectivity index (χ3v) is 4.58. The average Bonchev–Trinajstić information content (AvgIpc) is 2.69. The second-order valence-corrected chi connectivity index (χ2v) is 7.07. The Labute approximate surface area is 170 Å². The molecule has 3 aromatic rings. The second kappa shape index (κ2) is 9.33. The predicted octanol–water partition coefficient (Wildman–Crippen LogP) is 4.05. The molecule has 0 spiro atoms. The van der Waals surface area contributed by atoms with Crippen molar-refractivity contribution in [1.29, 1.82) is 0 Å². The van der Waals surface area contributed by atoms with Crippen LogP contribution in [0.2, 0.25) is 5.02 Å². The van der Waals surface area contributed by atoms with E-state index < -0.39 is 0 Å². The van der Waals surface area contributed by atoms with Crippen molar-refractivity contribution in [2.24, 2.45) is 0 Å². The van der Waals surface area contributed by atoms with Gasteiger partial charge < -0.3 is 10.2 Å². The Morgan fingerprint density at radius 2 is 1.75 bits per heavy atom. The molecular weight excluding hydrogens is 372 g/mol. The Bertz CT molecular complexity index is 929. The van der Waals surface area contributed by atoms with Gasteiger partial charge in [0.05, 0.1) is 0 Å². The van der Waals surface area contributed by atoms with Gasteiger partial charge in [0.15, 0.2) is 0 Å². The van der Waals surface area contributed by atoms with Gasteiger partial charge in [0, 0.05) is 31.2 Å². The van der Waals surface area contributed by atoms with Crippen LogP contribution in [0.1, 0.15) is 27.4 Å². The van der Waals surface area contributed by atoms with Crippen LogP contribution in [0, 0.1) is 6.92 Å². The molecule has 0 aliphatic carbocycles. The smallest absolute Gasteiger partial charge is 0.270 e. The first kappa shape index (κ1) is 19.8. The van der Waals surface area contributed by atoms with E-state index in [2.05, 4.69) is 27.4 Å². The summed E-state index contributed by atoms with van der Waals surface area (Å²) in [4.78, 5) is 23.3. The molecule has 1 aromatic heterocycles. The first-order chi connectivity index (χ1) is 13.5. The Kier molecular flexibility index (Phi) is 6.61. The van der Waals surface area contributed by atoms with Crippen molar-refractivity contribution >= 4 is 23.3 Å². The molecular formula is C22H23ClN4O. The number of amides is 1. The zero-order valence-corrected chi connectivity index (χ0v) is 16.8. The molecule has 28 heavy (non-hydrogen) atoms. The highest BCUT2D eigenvalue weighted by Gasteiger charge is 2.13. The molecule has 0 aliphatic heterocycles. The largest absolute Gasteiger partial charge is 0.355 e. The van der Waals surface area contributed by atoms with Crippen molar-refractivity contribution in [1.82, 2.24) is 15.3 Å². The Morgan fingerprint density at radius 3 is 2.46 bits per heavy atom. The molecule has 0 fully saturated rings. The van der Waals surface area contributed by atoms with Crippen LogP contribution >= 0.6 is 11.6 Å². The summed E-state index contributed by atoms with van der Waals surface area (Å²) in [5, 5.41) is 3.63.